The lowest BCUT2D eigenvalue weighted by molar-refractivity contribution is -0.128. The highest BCUT2D eigenvalue weighted by atomic mass is 32.2. The van der Waals surface area contributed by atoms with Crippen molar-refractivity contribution >= 4 is 17.7 Å². The molecule has 6 nitrogen and oxygen atoms in total. The Morgan fingerprint density at radius 2 is 1.79 bits per heavy atom. The fourth-order valence-electron chi connectivity index (χ4n) is 2.42. The third kappa shape index (κ3) is 4.89. The molecule has 3 rings (SSSR count). The summed E-state index contributed by atoms with van der Waals surface area (Å²) in [4.78, 5) is 14.1. The Balaban J connectivity index is 1.74. The first-order valence-electron chi connectivity index (χ1n) is 8.62. The lowest BCUT2D eigenvalue weighted by Gasteiger charge is -2.19. The van der Waals surface area contributed by atoms with Crippen molar-refractivity contribution in [2.24, 2.45) is 0 Å². The Morgan fingerprint density at radius 3 is 2.43 bits per heavy atom. The van der Waals surface area contributed by atoms with Gasteiger partial charge >= 0.3 is 0 Å². The molecule has 0 spiro atoms. The number of carbonyl (C=O) groups excluding carboxylic acids is 1. The third-order valence-corrected chi connectivity index (χ3v) is 4.96. The molecule has 0 aliphatic rings. The summed E-state index contributed by atoms with van der Waals surface area (Å²) in [5.41, 5.74) is 0.849. The van der Waals surface area contributed by atoms with Crippen LogP contribution in [0.1, 0.15) is 29.7 Å². The average molecular weight is 401 g/mol. The quantitative estimate of drug-likeness (QED) is 0.551. The van der Waals surface area contributed by atoms with Crippen molar-refractivity contribution in [2.45, 2.75) is 23.5 Å². The van der Waals surface area contributed by atoms with E-state index in [-0.39, 0.29) is 22.8 Å². The molecule has 0 saturated carbocycles. The predicted molar refractivity (Wildman–Crippen MR) is 103 cm³/mol. The molecule has 0 radical (unpaired) electrons. The van der Waals surface area contributed by atoms with Crippen LogP contribution in [0.3, 0.4) is 0 Å². The Morgan fingerprint density at radius 1 is 1.11 bits per heavy atom. The first-order valence-corrected chi connectivity index (χ1v) is 9.50. The summed E-state index contributed by atoms with van der Waals surface area (Å²) < 4.78 is 24.4. The van der Waals surface area contributed by atoms with Gasteiger partial charge in [-0.3, -0.25) is 4.79 Å². The molecule has 3 aromatic rings. The topological polar surface area (TPSA) is 68.5 Å². The van der Waals surface area contributed by atoms with Crippen LogP contribution in [-0.4, -0.2) is 35.1 Å². The first-order chi connectivity index (χ1) is 13.4. The Bertz CT molecular complexity index is 916. The zero-order valence-electron chi connectivity index (χ0n) is 15.7. The molecule has 0 N–H and O–H groups in total. The van der Waals surface area contributed by atoms with Crippen molar-refractivity contribution in [3.05, 3.63) is 71.9 Å². The molecule has 0 aliphatic heterocycles. The van der Waals surface area contributed by atoms with Gasteiger partial charge in [-0.2, -0.15) is 0 Å². The molecule has 28 heavy (non-hydrogen) atoms. The summed E-state index contributed by atoms with van der Waals surface area (Å²) >= 11 is 1.19. The van der Waals surface area contributed by atoms with Crippen molar-refractivity contribution in [1.29, 1.82) is 0 Å². The van der Waals surface area contributed by atoms with E-state index in [2.05, 4.69) is 10.2 Å². The molecule has 1 amide bonds. The molecule has 2 aromatic carbocycles. The van der Waals surface area contributed by atoms with E-state index in [0.717, 1.165) is 5.56 Å². The number of nitrogens with zero attached hydrogens (tertiary/aromatic N) is 3. The second-order valence-corrected chi connectivity index (χ2v) is 7.32. The van der Waals surface area contributed by atoms with Crippen LogP contribution in [-0.2, 0) is 4.79 Å². The highest BCUT2D eigenvalue weighted by Gasteiger charge is 2.27. The van der Waals surface area contributed by atoms with Crippen LogP contribution in [0.15, 0.2) is 64.2 Å². The van der Waals surface area contributed by atoms with E-state index in [1.54, 1.807) is 21.0 Å². The van der Waals surface area contributed by atoms with Crippen molar-refractivity contribution in [3.63, 3.8) is 0 Å². The van der Waals surface area contributed by atoms with E-state index >= 15 is 0 Å². The molecule has 146 valence electrons. The second kappa shape index (κ2) is 8.88. The van der Waals surface area contributed by atoms with Crippen molar-refractivity contribution in [2.75, 3.05) is 14.1 Å². The van der Waals surface area contributed by atoms with Gasteiger partial charge in [-0.05, 0) is 48.5 Å². The van der Waals surface area contributed by atoms with E-state index in [1.165, 1.54) is 40.9 Å². The maximum absolute atomic E-state index is 13.0. The first kappa shape index (κ1) is 19.9. The smallest absolute Gasteiger partial charge is 0.277 e. The van der Waals surface area contributed by atoms with Crippen LogP contribution >= 0.6 is 11.8 Å². The van der Waals surface area contributed by atoms with E-state index in [0.29, 0.717) is 5.75 Å². The van der Waals surface area contributed by atoms with Crippen molar-refractivity contribution in [1.82, 2.24) is 15.1 Å². The summed E-state index contributed by atoms with van der Waals surface area (Å²) in [6.45, 7) is 1.75. The zero-order chi connectivity index (χ0) is 20.1. The van der Waals surface area contributed by atoms with E-state index in [4.69, 9.17) is 9.15 Å². The third-order valence-electron chi connectivity index (χ3n) is 3.88. The SMILES string of the molecule is C[C@H](Oc1ccc(F)cc1)c1nnc(S[C@@H](C(=O)N(C)C)c2ccccc2)o1. The van der Waals surface area contributed by atoms with Gasteiger partial charge in [0, 0.05) is 14.1 Å². The largest absolute Gasteiger partial charge is 0.481 e. The van der Waals surface area contributed by atoms with Gasteiger partial charge < -0.3 is 14.1 Å². The second-order valence-electron chi connectivity index (χ2n) is 6.26. The number of hydrogen-bond donors (Lipinski definition) is 0. The van der Waals surface area contributed by atoms with Crippen LogP contribution < -0.4 is 4.74 Å². The molecule has 8 heteroatoms. The highest BCUT2D eigenvalue weighted by Crippen LogP contribution is 2.36. The Labute approximate surface area is 166 Å². The number of amides is 1. The summed E-state index contributed by atoms with van der Waals surface area (Å²) in [7, 11) is 3.41. The van der Waals surface area contributed by atoms with Gasteiger partial charge in [-0.1, -0.05) is 30.3 Å². The highest BCUT2D eigenvalue weighted by molar-refractivity contribution is 8.00. The summed E-state index contributed by atoms with van der Waals surface area (Å²) in [6, 6.07) is 15.1. The minimum Gasteiger partial charge on any atom is -0.481 e. The van der Waals surface area contributed by atoms with Gasteiger partial charge in [0.25, 0.3) is 11.1 Å². The number of aromatic nitrogens is 2. The van der Waals surface area contributed by atoms with Gasteiger partial charge in [-0.15, -0.1) is 10.2 Å². The molecule has 0 bridgehead atoms. The standard InChI is InChI=1S/C20H20FN3O3S/c1-13(26-16-11-9-15(21)10-12-16)18-22-23-20(27-18)28-17(19(25)24(2)3)14-7-5-4-6-8-14/h4-13,17H,1-3H3/t13-,17+/m0/s1. The monoisotopic (exact) mass is 401 g/mol. The number of carbonyl (C=O) groups is 1. The predicted octanol–water partition coefficient (Wildman–Crippen LogP) is 4.27. The molecule has 1 aromatic heterocycles. The number of hydrogen-bond acceptors (Lipinski definition) is 6. The summed E-state index contributed by atoms with van der Waals surface area (Å²) in [5.74, 6) is 0.350. The lowest BCUT2D eigenvalue weighted by atomic mass is 10.1. The number of rotatable bonds is 7. The molecule has 0 fully saturated rings. The molecule has 1 heterocycles. The molecular formula is C20H20FN3O3S. The normalized spacial score (nSPS) is 13.0. The molecule has 0 unspecified atom stereocenters. The molecule has 0 aliphatic carbocycles. The maximum Gasteiger partial charge on any atom is 0.277 e. The molecule has 2 atom stereocenters. The summed E-state index contributed by atoms with van der Waals surface area (Å²) in [5, 5.41) is 7.82. The van der Waals surface area contributed by atoms with Gasteiger partial charge in [0.2, 0.25) is 5.91 Å². The average Bonchev–Trinajstić information content (AvgIpc) is 3.17. The lowest BCUT2D eigenvalue weighted by Crippen LogP contribution is -2.26. The van der Waals surface area contributed by atoms with Gasteiger partial charge in [-0.25, -0.2) is 4.39 Å². The number of likely N-dealkylation sites (N-methyl/N-ethyl adjacent to an activating group) is 1. The van der Waals surface area contributed by atoms with Gasteiger partial charge in [0.1, 0.15) is 16.8 Å². The number of halogens is 1. The van der Waals surface area contributed by atoms with Crippen molar-refractivity contribution in [3.8, 4) is 5.75 Å². The summed E-state index contributed by atoms with van der Waals surface area (Å²) in [6.07, 6.45) is -0.521. The molecular weight excluding hydrogens is 381 g/mol. The number of benzene rings is 2. The van der Waals surface area contributed by atoms with Crippen LogP contribution in [0.4, 0.5) is 4.39 Å². The Hall–Kier alpha value is -2.87. The number of ether oxygens (including phenoxy) is 1. The van der Waals surface area contributed by atoms with Gasteiger partial charge in [0.15, 0.2) is 6.10 Å². The van der Waals surface area contributed by atoms with E-state index in [9.17, 15) is 9.18 Å². The van der Waals surface area contributed by atoms with Crippen LogP contribution in [0.25, 0.3) is 0 Å². The Kier molecular flexibility index (Phi) is 6.30. The van der Waals surface area contributed by atoms with Crippen LogP contribution in [0.2, 0.25) is 0 Å². The number of thioether (sulfide) groups is 1. The molecule has 0 saturated heterocycles. The van der Waals surface area contributed by atoms with Crippen LogP contribution in [0, 0.1) is 5.82 Å². The van der Waals surface area contributed by atoms with E-state index in [1.807, 2.05) is 30.3 Å². The van der Waals surface area contributed by atoms with Gasteiger partial charge in [0.05, 0.1) is 0 Å². The zero-order valence-corrected chi connectivity index (χ0v) is 16.5. The maximum atomic E-state index is 13.0. The minimum atomic E-state index is -0.521. The minimum absolute atomic E-state index is 0.0773. The fourth-order valence-corrected chi connectivity index (χ4v) is 3.45. The van der Waals surface area contributed by atoms with Crippen LogP contribution in [0.5, 0.6) is 5.75 Å². The van der Waals surface area contributed by atoms with Crippen molar-refractivity contribution < 1.29 is 18.3 Å². The fraction of sp³-hybridized carbons (Fsp3) is 0.250. The van der Waals surface area contributed by atoms with E-state index < -0.39 is 11.4 Å².